The summed E-state index contributed by atoms with van der Waals surface area (Å²) in [6.45, 7) is 0. The summed E-state index contributed by atoms with van der Waals surface area (Å²) in [6.07, 6.45) is 8.52. The second-order valence-electron chi connectivity index (χ2n) is 5.88. The Hall–Kier alpha value is -3.13. The molecule has 0 amide bonds. The first-order chi connectivity index (χ1) is 12.8. The maximum absolute atomic E-state index is 5.46. The highest BCUT2D eigenvalue weighted by Crippen LogP contribution is 2.24. The predicted molar refractivity (Wildman–Crippen MR) is 96.2 cm³/mol. The maximum Gasteiger partial charge on any atom is 0.250 e. The van der Waals surface area contributed by atoms with Crippen LogP contribution in [0.3, 0.4) is 0 Å². The van der Waals surface area contributed by atoms with E-state index in [1.165, 1.54) is 0 Å². The smallest absolute Gasteiger partial charge is 0.250 e. The number of nitrogens with zero attached hydrogens (tertiary/aromatic N) is 6. The molecule has 3 aromatic heterocycles. The first-order valence-electron chi connectivity index (χ1n) is 8.24. The van der Waals surface area contributed by atoms with Gasteiger partial charge < -0.3 is 9.47 Å². The molecule has 0 N–H and O–H groups in total. The lowest BCUT2D eigenvalue weighted by Gasteiger charge is -2.21. The van der Waals surface area contributed by atoms with Gasteiger partial charge in [0.25, 0.3) is 0 Å². The number of ether oxygens (including phenoxy) is 2. The molecule has 1 atom stereocenters. The molecule has 132 valence electrons. The van der Waals surface area contributed by atoms with E-state index in [9.17, 15) is 0 Å². The second-order valence-corrected chi connectivity index (χ2v) is 5.88. The van der Waals surface area contributed by atoms with E-state index >= 15 is 0 Å². The van der Waals surface area contributed by atoms with Gasteiger partial charge in [0.05, 0.1) is 42.1 Å². The Morgan fingerprint density at radius 3 is 2.92 bits per heavy atom. The van der Waals surface area contributed by atoms with Crippen molar-refractivity contribution in [2.45, 2.75) is 18.9 Å². The lowest BCUT2D eigenvalue weighted by molar-refractivity contribution is 0.0911. The van der Waals surface area contributed by atoms with Crippen LogP contribution in [0, 0.1) is 0 Å². The van der Waals surface area contributed by atoms with E-state index in [1.54, 1.807) is 37.4 Å². The van der Waals surface area contributed by atoms with Crippen molar-refractivity contribution in [2.24, 2.45) is 4.99 Å². The molecule has 1 aliphatic carbocycles. The highest BCUT2D eigenvalue weighted by atomic mass is 16.5. The molecular formula is C18H18N6O2. The second kappa shape index (κ2) is 7.01. The lowest BCUT2D eigenvalue weighted by atomic mass is 10.0. The Morgan fingerprint density at radius 2 is 2.08 bits per heavy atom. The minimum Gasteiger partial charge on any atom is -0.501 e. The molecule has 0 aliphatic heterocycles. The van der Waals surface area contributed by atoms with Crippen LogP contribution in [-0.2, 0) is 9.47 Å². The van der Waals surface area contributed by atoms with Crippen LogP contribution in [0.5, 0.6) is 0 Å². The van der Waals surface area contributed by atoms with Crippen LogP contribution in [0.4, 0.5) is 5.95 Å². The molecule has 1 aliphatic rings. The fourth-order valence-corrected chi connectivity index (χ4v) is 2.93. The summed E-state index contributed by atoms with van der Waals surface area (Å²) in [4.78, 5) is 13.4. The van der Waals surface area contributed by atoms with Crippen molar-refractivity contribution in [3.05, 3.63) is 48.6 Å². The van der Waals surface area contributed by atoms with Crippen molar-refractivity contribution in [2.75, 3.05) is 14.2 Å². The fraction of sp³-hybridized carbons (Fsp3) is 0.278. The van der Waals surface area contributed by atoms with Crippen LogP contribution < -0.4 is 0 Å². The third-order valence-electron chi connectivity index (χ3n) is 4.26. The molecule has 0 bridgehead atoms. The summed E-state index contributed by atoms with van der Waals surface area (Å²) in [5, 5.41) is 8.43. The van der Waals surface area contributed by atoms with Crippen molar-refractivity contribution in [1.29, 1.82) is 0 Å². The Balaban J connectivity index is 1.70. The molecule has 0 saturated heterocycles. The molecule has 4 rings (SSSR count). The zero-order chi connectivity index (χ0) is 17.9. The highest BCUT2D eigenvalue weighted by molar-refractivity contribution is 5.97. The van der Waals surface area contributed by atoms with Gasteiger partial charge in [-0.2, -0.15) is 14.8 Å². The molecule has 0 spiro atoms. The first-order valence-corrected chi connectivity index (χ1v) is 8.24. The zero-order valence-electron chi connectivity index (χ0n) is 14.5. The van der Waals surface area contributed by atoms with Crippen LogP contribution in [-0.4, -0.2) is 50.8 Å². The van der Waals surface area contributed by atoms with E-state index in [2.05, 4.69) is 25.2 Å². The molecule has 8 heteroatoms. The summed E-state index contributed by atoms with van der Waals surface area (Å²) in [7, 11) is 3.34. The zero-order valence-corrected chi connectivity index (χ0v) is 14.5. The van der Waals surface area contributed by atoms with Gasteiger partial charge in [0.15, 0.2) is 0 Å². The van der Waals surface area contributed by atoms with Crippen LogP contribution in [0.15, 0.2) is 53.6 Å². The molecule has 0 fully saturated rings. The number of allylic oxidation sites excluding steroid dienone is 1. The highest BCUT2D eigenvalue weighted by Gasteiger charge is 2.20. The molecule has 3 heterocycles. The third-order valence-corrected chi connectivity index (χ3v) is 4.26. The number of aromatic nitrogens is 5. The first kappa shape index (κ1) is 16.3. The van der Waals surface area contributed by atoms with Crippen LogP contribution >= 0.6 is 0 Å². The molecule has 8 nitrogen and oxygen atoms in total. The SMILES string of the molecule is COC1=C/C(=N/c2nccc(-c3cnn4ncccc34)n2)CC(OC)C1. The molecule has 0 radical (unpaired) electrons. The van der Waals surface area contributed by atoms with Crippen molar-refractivity contribution >= 4 is 17.2 Å². The Labute approximate surface area is 150 Å². The van der Waals surface area contributed by atoms with Gasteiger partial charge in [0.1, 0.15) is 0 Å². The molecular weight excluding hydrogens is 332 g/mol. The van der Waals surface area contributed by atoms with Gasteiger partial charge in [0.2, 0.25) is 5.95 Å². The minimum absolute atomic E-state index is 0.0441. The van der Waals surface area contributed by atoms with Gasteiger partial charge in [0, 0.05) is 37.9 Å². The van der Waals surface area contributed by atoms with Crippen LogP contribution in [0.25, 0.3) is 16.8 Å². The van der Waals surface area contributed by atoms with E-state index in [1.807, 2.05) is 24.3 Å². The van der Waals surface area contributed by atoms with E-state index in [0.29, 0.717) is 12.4 Å². The number of methoxy groups -OCH3 is 2. The monoisotopic (exact) mass is 350 g/mol. The van der Waals surface area contributed by atoms with Crippen molar-refractivity contribution in [3.63, 3.8) is 0 Å². The predicted octanol–water partition coefficient (Wildman–Crippen LogP) is 2.60. The van der Waals surface area contributed by atoms with E-state index < -0.39 is 0 Å². The largest absolute Gasteiger partial charge is 0.501 e. The van der Waals surface area contributed by atoms with Crippen LogP contribution in [0.2, 0.25) is 0 Å². The topological polar surface area (TPSA) is 86.8 Å². The van der Waals surface area contributed by atoms with Gasteiger partial charge in [-0.25, -0.2) is 15.0 Å². The molecule has 3 aromatic rings. The molecule has 0 aromatic carbocycles. The lowest BCUT2D eigenvalue weighted by Crippen LogP contribution is -2.21. The summed E-state index contributed by atoms with van der Waals surface area (Å²) >= 11 is 0. The Bertz CT molecular complexity index is 994. The number of fused-ring (bicyclic) bond motifs is 1. The minimum atomic E-state index is 0.0441. The fourth-order valence-electron chi connectivity index (χ4n) is 2.93. The number of rotatable bonds is 4. The number of hydrogen-bond donors (Lipinski definition) is 0. The van der Waals surface area contributed by atoms with Crippen molar-refractivity contribution in [1.82, 2.24) is 24.8 Å². The summed E-state index contributed by atoms with van der Waals surface area (Å²) in [6, 6.07) is 5.65. The average Bonchev–Trinajstić information content (AvgIpc) is 3.12. The quantitative estimate of drug-likeness (QED) is 0.719. The Morgan fingerprint density at radius 1 is 1.15 bits per heavy atom. The van der Waals surface area contributed by atoms with E-state index in [0.717, 1.165) is 34.7 Å². The van der Waals surface area contributed by atoms with Gasteiger partial charge in [-0.05, 0) is 24.3 Å². The number of aliphatic imine (C=N–C) groups is 1. The molecule has 26 heavy (non-hydrogen) atoms. The molecule has 0 saturated carbocycles. The summed E-state index contributed by atoms with van der Waals surface area (Å²) < 4.78 is 12.4. The van der Waals surface area contributed by atoms with E-state index in [-0.39, 0.29) is 6.10 Å². The Kier molecular flexibility index (Phi) is 4.40. The van der Waals surface area contributed by atoms with Gasteiger partial charge in [-0.3, -0.25) is 0 Å². The normalized spacial score (nSPS) is 18.9. The number of hydrogen-bond acceptors (Lipinski definition) is 7. The standard InChI is InChI=1S/C18H18N6O2/c1-25-13-8-12(9-14(10-13)26-2)22-18-19-7-5-16(23-18)15-11-21-24-17(15)4-3-6-20-24/h3-8,11,14H,9-10H2,1-2H3/b22-12-. The van der Waals surface area contributed by atoms with Crippen molar-refractivity contribution < 1.29 is 9.47 Å². The van der Waals surface area contributed by atoms with Gasteiger partial charge in [-0.1, -0.05) is 0 Å². The average molecular weight is 350 g/mol. The van der Waals surface area contributed by atoms with Gasteiger partial charge >= 0.3 is 0 Å². The summed E-state index contributed by atoms with van der Waals surface area (Å²) in [5.41, 5.74) is 3.34. The van der Waals surface area contributed by atoms with Gasteiger partial charge in [-0.15, -0.1) is 0 Å². The van der Waals surface area contributed by atoms with E-state index in [4.69, 9.17) is 9.47 Å². The maximum atomic E-state index is 5.46. The van der Waals surface area contributed by atoms with Crippen LogP contribution in [0.1, 0.15) is 12.8 Å². The molecule has 1 unspecified atom stereocenters. The van der Waals surface area contributed by atoms with Crippen molar-refractivity contribution in [3.8, 4) is 11.3 Å². The summed E-state index contributed by atoms with van der Waals surface area (Å²) in [5.74, 6) is 1.23. The third kappa shape index (κ3) is 3.18.